The maximum Gasteiger partial charge on any atom is 0.325 e. The number of sulfonamides is 1. The first kappa shape index (κ1) is 23.5. The molecule has 2 saturated heterocycles. The summed E-state index contributed by atoms with van der Waals surface area (Å²) in [5, 5.41) is 2.86. The number of urea groups is 1. The van der Waals surface area contributed by atoms with Gasteiger partial charge < -0.3 is 10.2 Å². The van der Waals surface area contributed by atoms with Crippen molar-refractivity contribution in [3.05, 3.63) is 71.3 Å². The van der Waals surface area contributed by atoms with Crippen molar-refractivity contribution in [1.29, 1.82) is 0 Å². The molecule has 5 rings (SSSR count). The second-order valence-electron chi connectivity index (χ2n) is 9.26. The van der Waals surface area contributed by atoms with E-state index < -0.39 is 27.5 Å². The fraction of sp³-hybridized carbons (Fsp3) is 0.400. The Hall–Kier alpha value is -3.24. The zero-order valence-electron chi connectivity index (χ0n) is 19.4. The number of carbonyl (C=O) groups is 3. The van der Waals surface area contributed by atoms with E-state index in [4.69, 9.17) is 0 Å². The standard InChI is InChI=1S/C25H28N4O5S/c30-22(27-13-15-28(16-14-27)35(33,34)18-19-7-2-1-3-8-19)17-29-23(31)25(26-24(29)32)12-6-10-20-9-4-5-11-21(20)25/h1-5,7-9,11H,6,10,12-18H2,(H,26,32)/t25-/m1/s1. The molecule has 1 aliphatic carbocycles. The van der Waals surface area contributed by atoms with E-state index in [9.17, 15) is 22.8 Å². The number of aryl methyl sites for hydroxylation is 1. The van der Waals surface area contributed by atoms with Crippen LogP contribution in [0.3, 0.4) is 0 Å². The van der Waals surface area contributed by atoms with Gasteiger partial charge in [-0.1, -0.05) is 54.6 Å². The van der Waals surface area contributed by atoms with Gasteiger partial charge in [-0.15, -0.1) is 0 Å². The van der Waals surface area contributed by atoms with Crippen LogP contribution < -0.4 is 5.32 Å². The second-order valence-corrected chi connectivity index (χ2v) is 11.2. The van der Waals surface area contributed by atoms with Gasteiger partial charge in [0.1, 0.15) is 12.1 Å². The minimum atomic E-state index is -3.51. The van der Waals surface area contributed by atoms with E-state index in [0.29, 0.717) is 12.0 Å². The molecule has 0 bridgehead atoms. The lowest BCUT2D eigenvalue weighted by atomic mass is 9.76. The van der Waals surface area contributed by atoms with Crippen molar-refractivity contribution < 1.29 is 22.8 Å². The Morgan fingerprint density at radius 1 is 0.943 bits per heavy atom. The molecule has 1 atom stereocenters. The van der Waals surface area contributed by atoms with Gasteiger partial charge in [0.05, 0.1) is 5.75 Å². The molecule has 3 aliphatic rings. The van der Waals surface area contributed by atoms with Crippen molar-refractivity contribution in [2.45, 2.75) is 30.6 Å². The number of amides is 4. The van der Waals surface area contributed by atoms with Gasteiger partial charge in [-0.2, -0.15) is 4.31 Å². The monoisotopic (exact) mass is 496 g/mol. The van der Waals surface area contributed by atoms with Crippen LogP contribution in [0, 0.1) is 0 Å². The molecule has 2 heterocycles. The summed E-state index contributed by atoms with van der Waals surface area (Å²) in [5.74, 6) is -0.852. The lowest BCUT2D eigenvalue weighted by molar-refractivity contribution is -0.140. The number of carbonyl (C=O) groups excluding carboxylic acids is 3. The van der Waals surface area contributed by atoms with Gasteiger partial charge >= 0.3 is 6.03 Å². The van der Waals surface area contributed by atoms with Crippen LogP contribution in [0.15, 0.2) is 54.6 Å². The average molecular weight is 497 g/mol. The molecule has 2 fully saturated rings. The van der Waals surface area contributed by atoms with Crippen LogP contribution in [0.5, 0.6) is 0 Å². The number of benzene rings is 2. The summed E-state index contributed by atoms with van der Waals surface area (Å²) >= 11 is 0. The first-order valence-electron chi connectivity index (χ1n) is 11.8. The van der Waals surface area contributed by atoms with E-state index in [1.807, 2.05) is 30.3 Å². The van der Waals surface area contributed by atoms with E-state index in [1.165, 1.54) is 9.21 Å². The molecule has 9 nitrogen and oxygen atoms in total. The van der Waals surface area contributed by atoms with E-state index in [-0.39, 0.29) is 44.4 Å². The molecule has 2 aromatic carbocycles. The average Bonchev–Trinajstić information content (AvgIpc) is 3.09. The molecular formula is C25H28N4O5S. The molecule has 4 amide bonds. The van der Waals surface area contributed by atoms with Crippen molar-refractivity contribution >= 4 is 27.9 Å². The fourth-order valence-corrected chi connectivity index (χ4v) is 6.80. The Morgan fingerprint density at radius 2 is 1.63 bits per heavy atom. The van der Waals surface area contributed by atoms with Gasteiger partial charge in [-0.25, -0.2) is 13.2 Å². The largest absolute Gasteiger partial charge is 0.338 e. The first-order valence-corrected chi connectivity index (χ1v) is 13.4. The van der Waals surface area contributed by atoms with Crippen molar-refractivity contribution in [2.24, 2.45) is 0 Å². The Labute approximate surface area is 204 Å². The van der Waals surface area contributed by atoms with Crippen LogP contribution in [-0.2, 0) is 37.3 Å². The summed E-state index contributed by atoms with van der Waals surface area (Å²) in [6.07, 6.45) is 2.11. The highest BCUT2D eigenvalue weighted by atomic mass is 32.2. The molecule has 2 aromatic rings. The van der Waals surface area contributed by atoms with Crippen molar-refractivity contribution in [2.75, 3.05) is 32.7 Å². The lowest BCUT2D eigenvalue weighted by Crippen LogP contribution is -2.53. The summed E-state index contributed by atoms with van der Waals surface area (Å²) in [6.45, 7) is 0.428. The van der Waals surface area contributed by atoms with E-state index in [1.54, 1.807) is 24.3 Å². The summed E-state index contributed by atoms with van der Waals surface area (Å²) in [5.41, 5.74) is 1.43. The zero-order chi connectivity index (χ0) is 24.6. The molecule has 0 unspecified atom stereocenters. The first-order chi connectivity index (χ1) is 16.8. The molecule has 184 valence electrons. The summed E-state index contributed by atoms with van der Waals surface area (Å²) < 4.78 is 27.0. The highest BCUT2D eigenvalue weighted by molar-refractivity contribution is 7.88. The number of nitrogens with zero attached hydrogens (tertiary/aromatic N) is 3. The lowest BCUT2D eigenvalue weighted by Gasteiger charge is -2.35. The molecule has 0 aromatic heterocycles. The van der Waals surface area contributed by atoms with Gasteiger partial charge in [0, 0.05) is 26.2 Å². The van der Waals surface area contributed by atoms with Crippen molar-refractivity contribution in [1.82, 2.24) is 19.4 Å². The highest BCUT2D eigenvalue weighted by Gasteiger charge is 2.54. The minimum Gasteiger partial charge on any atom is -0.338 e. The molecule has 0 saturated carbocycles. The molecular weight excluding hydrogens is 468 g/mol. The van der Waals surface area contributed by atoms with Gasteiger partial charge in [0.2, 0.25) is 15.9 Å². The molecule has 1 N–H and O–H groups in total. The quantitative estimate of drug-likeness (QED) is 0.631. The fourth-order valence-electron chi connectivity index (χ4n) is 5.28. The molecule has 0 radical (unpaired) electrons. The van der Waals surface area contributed by atoms with Crippen LogP contribution in [0.4, 0.5) is 4.79 Å². The Morgan fingerprint density at radius 3 is 2.37 bits per heavy atom. The molecule has 2 aliphatic heterocycles. The molecule has 1 spiro atoms. The topological polar surface area (TPSA) is 107 Å². The SMILES string of the molecule is O=C(CN1C(=O)N[C@@]2(CCCc3ccccc32)C1=O)N1CCN(S(=O)(=O)Cc2ccccc2)CC1. The van der Waals surface area contributed by atoms with Gasteiger partial charge in [0.15, 0.2) is 0 Å². The third-order valence-electron chi connectivity index (χ3n) is 7.12. The van der Waals surface area contributed by atoms with Crippen LogP contribution in [0.25, 0.3) is 0 Å². The summed E-state index contributed by atoms with van der Waals surface area (Å²) in [4.78, 5) is 41.7. The summed E-state index contributed by atoms with van der Waals surface area (Å²) in [6, 6.07) is 16.0. The van der Waals surface area contributed by atoms with Crippen molar-refractivity contribution in [3.8, 4) is 0 Å². The van der Waals surface area contributed by atoms with Crippen LogP contribution >= 0.6 is 0 Å². The van der Waals surface area contributed by atoms with E-state index in [0.717, 1.165) is 28.9 Å². The number of piperazine rings is 1. The minimum absolute atomic E-state index is 0.0895. The maximum absolute atomic E-state index is 13.4. The Kier molecular flexibility index (Phi) is 6.10. The predicted octanol–water partition coefficient (Wildman–Crippen LogP) is 1.44. The third-order valence-corrected chi connectivity index (χ3v) is 8.97. The number of nitrogens with one attached hydrogen (secondary N) is 1. The van der Waals surface area contributed by atoms with Crippen LogP contribution in [0.2, 0.25) is 0 Å². The molecule has 10 heteroatoms. The Bertz CT molecular complexity index is 1260. The Balaban J connectivity index is 1.22. The van der Waals surface area contributed by atoms with E-state index >= 15 is 0 Å². The number of imide groups is 1. The highest BCUT2D eigenvalue weighted by Crippen LogP contribution is 2.39. The van der Waals surface area contributed by atoms with Gasteiger partial charge in [0.25, 0.3) is 5.91 Å². The van der Waals surface area contributed by atoms with Crippen LogP contribution in [0.1, 0.15) is 29.5 Å². The molecule has 35 heavy (non-hydrogen) atoms. The van der Waals surface area contributed by atoms with E-state index in [2.05, 4.69) is 5.32 Å². The van der Waals surface area contributed by atoms with Gasteiger partial charge in [-0.3, -0.25) is 14.5 Å². The zero-order valence-corrected chi connectivity index (χ0v) is 20.2. The smallest absolute Gasteiger partial charge is 0.325 e. The van der Waals surface area contributed by atoms with Crippen molar-refractivity contribution in [3.63, 3.8) is 0 Å². The van der Waals surface area contributed by atoms with Crippen LogP contribution in [-0.4, -0.2) is 73.1 Å². The normalized spacial score (nSPS) is 22.9. The number of hydrogen-bond acceptors (Lipinski definition) is 5. The third kappa shape index (κ3) is 4.32. The number of hydrogen-bond donors (Lipinski definition) is 1. The summed E-state index contributed by atoms with van der Waals surface area (Å²) in [7, 11) is -3.51. The predicted molar refractivity (Wildman–Crippen MR) is 129 cm³/mol. The second kappa shape index (κ2) is 9.09. The number of rotatable bonds is 5. The maximum atomic E-state index is 13.4. The van der Waals surface area contributed by atoms with Gasteiger partial charge in [-0.05, 0) is 36.0 Å². The number of fused-ring (bicyclic) bond motifs is 2.